The molecule has 0 saturated heterocycles. The third kappa shape index (κ3) is 3.66. The van der Waals surface area contributed by atoms with Crippen molar-refractivity contribution in [3.05, 3.63) is 55.7 Å². The van der Waals surface area contributed by atoms with Crippen molar-refractivity contribution >= 4 is 50.3 Å². The Kier molecular flexibility index (Phi) is 4.76. The molecule has 2 N–H and O–H groups in total. The largest absolute Gasteiger partial charge is 0.457 e. The third-order valence-corrected chi connectivity index (χ3v) is 3.77. The van der Waals surface area contributed by atoms with Crippen LogP contribution in [0.15, 0.2) is 40.9 Å². The maximum Gasteiger partial charge on any atom is 0.339 e. The van der Waals surface area contributed by atoms with Gasteiger partial charge >= 0.3 is 5.97 Å². The molecule has 19 heavy (non-hydrogen) atoms. The highest BCUT2D eigenvalue weighted by atomic mass is 127. The Balaban J connectivity index is 2.13. The highest BCUT2D eigenvalue weighted by Crippen LogP contribution is 2.25. The molecule has 2 rings (SSSR count). The summed E-state index contributed by atoms with van der Waals surface area (Å²) in [6.07, 6.45) is 0. The summed E-state index contributed by atoms with van der Waals surface area (Å²) in [5.74, 6) is -0.152. The molecule has 4 nitrogen and oxygen atoms in total. The van der Waals surface area contributed by atoms with Crippen molar-refractivity contribution in [2.75, 3.05) is 5.73 Å². The van der Waals surface area contributed by atoms with Crippen molar-refractivity contribution in [2.45, 2.75) is 6.61 Å². The minimum Gasteiger partial charge on any atom is -0.457 e. The first kappa shape index (κ1) is 14.3. The van der Waals surface area contributed by atoms with E-state index in [0.717, 1.165) is 5.56 Å². The van der Waals surface area contributed by atoms with Crippen LogP contribution in [0.2, 0.25) is 0 Å². The van der Waals surface area contributed by atoms with E-state index >= 15 is 0 Å². The van der Waals surface area contributed by atoms with Gasteiger partial charge in [-0.1, -0.05) is 30.3 Å². The van der Waals surface area contributed by atoms with Crippen molar-refractivity contribution in [1.82, 2.24) is 4.98 Å². The van der Waals surface area contributed by atoms with Crippen LogP contribution >= 0.6 is 38.5 Å². The van der Waals surface area contributed by atoms with E-state index in [-0.39, 0.29) is 12.4 Å². The molecule has 0 saturated carbocycles. The van der Waals surface area contributed by atoms with Crippen LogP contribution in [0, 0.1) is 3.70 Å². The van der Waals surface area contributed by atoms with E-state index in [1.165, 1.54) is 0 Å². The van der Waals surface area contributed by atoms with Gasteiger partial charge in [0, 0.05) is 0 Å². The second-order valence-electron chi connectivity index (χ2n) is 3.75. The Morgan fingerprint density at radius 2 is 2.05 bits per heavy atom. The zero-order valence-corrected chi connectivity index (χ0v) is 13.5. The molecule has 0 bridgehead atoms. The number of hydrogen-bond donors (Lipinski definition) is 1. The van der Waals surface area contributed by atoms with E-state index < -0.39 is 5.97 Å². The summed E-state index contributed by atoms with van der Waals surface area (Å²) >= 11 is 5.25. The summed E-state index contributed by atoms with van der Waals surface area (Å²) in [5.41, 5.74) is 7.01. The number of nitrogens with two attached hydrogens (primary N) is 1. The summed E-state index contributed by atoms with van der Waals surface area (Å²) in [6, 6.07) is 11.1. The Morgan fingerprint density at radius 3 is 2.74 bits per heavy atom. The molecule has 0 atom stereocenters. The molecule has 0 aliphatic rings. The number of anilines is 1. The van der Waals surface area contributed by atoms with Gasteiger partial charge in [-0.3, -0.25) is 0 Å². The molecule has 0 aliphatic heterocycles. The van der Waals surface area contributed by atoms with Gasteiger partial charge < -0.3 is 10.5 Å². The van der Waals surface area contributed by atoms with Gasteiger partial charge in [0.25, 0.3) is 0 Å². The number of carbonyl (C=O) groups excluding carboxylic acids is 1. The molecule has 1 aromatic carbocycles. The van der Waals surface area contributed by atoms with Gasteiger partial charge in [0.15, 0.2) is 0 Å². The zero-order chi connectivity index (χ0) is 13.8. The molecule has 0 aliphatic carbocycles. The summed E-state index contributed by atoms with van der Waals surface area (Å²) in [5, 5.41) is 0. The summed E-state index contributed by atoms with van der Waals surface area (Å²) < 4.78 is 6.36. The summed E-state index contributed by atoms with van der Waals surface area (Å²) in [7, 11) is 0. The number of nitrogen functional groups attached to an aromatic ring is 1. The van der Waals surface area contributed by atoms with Crippen LogP contribution in [0.5, 0.6) is 0 Å². The first-order chi connectivity index (χ1) is 9.08. The first-order valence-corrected chi connectivity index (χ1v) is 7.27. The number of nitrogens with zero attached hydrogens (tertiary/aromatic N) is 1. The van der Waals surface area contributed by atoms with Crippen molar-refractivity contribution in [2.24, 2.45) is 0 Å². The molecule has 0 amide bonds. The molecule has 98 valence electrons. The lowest BCUT2D eigenvalue weighted by Crippen LogP contribution is -2.09. The minimum absolute atomic E-state index is 0.227. The number of benzene rings is 1. The number of aromatic nitrogens is 1. The van der Waals surface area contributed by atoms with E-state index in [0.29, 0.717) is 13.7 Å². The topological polar surface area (TPSA) is 65.2 Å². The minimum atomic E-state index is -0.428. The van der Waals surface area contributed by atoms with Crippen molar-refractivity contribution in [3.8, 4) is 0 Å². The smallest absolute Gasteiger partial charge is 0.339 e. The number of rotatable bonds is 3. The lowest BCUT2D eigenvalue weighted by Gasteiger charge is -2.08. The van der Waals surface area contributed by atoms with Gasteiger partial charge in [-0.05, 0) is 50.2 Å². The lowest BCUT2D eigenvalue weighted by molar-refractivity contribution is 0.0471. The third-order valence-electron chi connectivity index (χ3n) is 2.38. The number of carbonyl (C=O) groups is 1. The monoisotopic (exact) mass is 432 g/mol. The van der Waals surface area contributed by atoms with Crippen LogP contribution in [0.4, 0.5) is 5.82 Å². The van der Waals surface area contributed by atoms with Gasteiger partial charge in [0.1, 0.15) is 16.1 Å². The van der Waals surface area contributed by atoms with E-state index in [2.05, 4.69) is 20.9 Å². The molecular weight excluding hydrogens is 423 g/mol. The number of esters is 1. The summed E-state index contributed by atoms with van der Waals surface area (Å²) in [4.78, 5) is 16.0. The molecule has 0 fully saturated rings. The van der Waals surface area contributed by atoms with Crippen LogP contribution in [-0.4, -0.2) is 11.0 Å². The number of pyridine rings is 1. The SMILES string of the molecule is Nc1nc(I)cc(C(=O)OCc2ccccc2)c1Br. The van der Waals surface area contributed by atoms with E-state index in [1.807, 2.05) is 52.9 Å². The Bertz CT molecular complexity index is 605. The molecular formula is C13H10BrIN2O2. The zero-order valence-electron chi connectivity index (χ0n) is 9.77. The van der Waals surface area contributed by atoms with Crippen molar-refractivity contribution < 1.29 is 9.53 Å². The Labute approximate surface area is 132 Å². The fourth-order valence-electron chi connectivity index (χ4n) is 1.47. The first-order valence-electron chi connectivity index (χ1n) is 5.40. The molecule has 0 unspecified atom stereocenters. The van der Waals surface area contributed by atoms with Crippen molar-refractivity contribution in [3.63, 3.8) is 0 Å². The van der Waals surface area contributed by atoms with Crippen molar-refractivity contribution in [1.29, 1.82) is 0 Å². The number of hydrogen-bond acceptors (Lipinski definition) is 4. The predicted octanol–water partition coefficient (Wildman–Crippen LogP) is 3.39. The fraction of sp³-hybridized carbons (Fsp3) is 0.0769. The maximum absolute atomic E-state index is 12.0. The maximum atomic E-state index is 12.0. The molecule has 1 aromatic heterocycles. The van der Waals surface area contributed by atoms with Gasteiger partial charge in [-0.25, -0.2) is 9.78 Å². The van der Waals surface area contributed by atoms with Crippen LogP contribution in [0.25, 0.3) is 0 Å². The number of halogens is 2. The van der Waals surface area contributed by atoms with Crippen LogP contribution in [0.1, 0.15) is 15.9 Å². The normalized spacial score (nSPS) is 10.2. The van der Waals surface area contributed by atoms with E-state index in [4.69, 9.17) is 10.5 Å². The van der Waals surface area contributed by atoms with E-state index in [1.54, 1.807) is 6.07 Å². The Hall–Kier alpha value is -1.15. The molecule has 0 radical (unpaired) electrons. The number of ether oxygens (including phenoxy) is 1. The van der Waals surface area contributed by atoms with Crippen LogP contribution in [0.3, 0.4) is 0 Å². The predicted molar refractivity (Wildman–Crippen MR) is 84.6 cm³/mol. The Morgan fingerprint density at radius 1 is 1.37 bits per heavy atom. The molecule has 0 spiro atoms. The molecule has 2 aromatic rings. The standard InChI is InChI=1S/C13H10BrIN2O2/c14-11-9(6-10(15)17-12(11)16)13(18)19-7-8-4-2-1-3-5-8/h1-6H,7H2,(H2,16,17). The average molecular weight is 433 g/mol. The van der Waals surface area contributed by atoms with Gasteiger partial charge in [-0.15, -0.1) is 0 Å². The van der Waals surface area contributed by atoms with Gasteiger partial charge in [-0.2, -0.15) is 0 Å². The highest BCUT2D eigenvalue weighted by molar-refractivity contribution is 14.1. The second kappa shape index (κ2) is 6.33. The lowest BCUT2D eigenvalue weighted by atomic mass is 10.2. The highest BCUT2D eigenvalue weighted by Gasteiger charge is 2.15. The van der Waals surface area contributed by atoms with Crippen LogP contribution < -0.4 is 5.73 Å². The van der Waals surface area contributed by atoms with E-state index in [9.17, 15) is 4.79 Å². The second-order valence-corrected chi connectivity index (χ2v) is 5.65. The average Bonchev–Trinajstić information content (AvgIpc) is 2.41. The van der Waals surface area contributed by atoms with Crippen LogP contribution in [-0.2, 0) is 11.3 Å². The fourth-order valence-corrected chi connectivity index (χ4v) is 2.40. The molecule has 1 heterocycles. The summed E-state index contributed by atoms with van der Waals surface area (Å²) in [6.45, 7) is 0.227. The molecule has 6 heteroatoms. The quantitative estimate of drug-likeness (QED) is 0.458. The van der Waals surface area contributed by atoms with Gasteiger partial charge in [0.2, 0.25) is 0 Å². The van der Waals surface area contributed by atoms with Gasteiger partial charge in [0.05, 0.1) is 10.0 Å².